The molecule has 3 rings (SSSR count). The predicted molar refractivity (Wildman–Crippen MR) is 174 cm³/mol. The number of hydrogen-bond donors (Lipinski definition) is 1. The van der Waals surface area contributed by atoms with Crippen molar-refractivity contribution >= 4 is 43.5 Å². The smallest absolute Gasteiger partial charge is 0.243 e. The highest BCUT2D eigenvalue weighted by Gasteiger charge is 2.30. The van der Waals surface area contributed by atoms with Gasteiger partial charge in [-0.1, -0.05) is 77.8 Å². The summed E-state index contributed by atoms with van der Waals surface area (Å²) < 4.78 is 27.7. The Morgan fingerprint density at radius 1 is 0.905 bits per heavy atom. The summed E-state index contributed by atoms with van der Waals surface area (Å²) in [6, 6.07) is 22.2. The number of halogens is 1. The number of benzene rings is 3. The molecule has 0 bridgehead atoms. The molecular weight excluding hydrogens is 614 g/mol. The standard InChI is InChI=1S/C33H42BrN3O4S/c1-5-6-19-35-33(39)31(23-27-12-8-7-9-13-27)36(24-28-14-10-15-29(34)22-28)32(38)16-11-20-37(42(4,40)41)30-18-17-25(2)26(3)21-30/h7-10,12-15,17-18,21-22,31H,5-6,11,16,19-20,23-24H2,1-4H3,(H,35,39). The number of rotatable bonds is 15. The van der Waals surface area contributed by atoms with Crippen LogP contribution in [0.15, 0.2) is 77.3 Å². The number of unbranched alkanes of at least 4 members (excludes halogenated alkanes) is 1. The first kappa shape index (κ1) is 33.3. The highest BCUT2D eigenvalue weighted by atomic mass is 79.9. The van der Waals surface area contributed by atoms with Gasteiger partial charge in [0.2, 0.25) is 21.8 Å². The molecule has 0 fully saturated rings. The molecule has 9 heteroatoms. The van der Waals surface area contributed by atoms with Gasteiger partial charge in [-0.15, -0.1) is 0 Å². The minimum absolute atomic E-state index is 0.0956. The van der Waals surface area contributed by atoms with Crippen molar-refractivity contribution in [2.45, 2.75) is 65.5 Å². The van der Waals surface area contributed by atoms with Crippen LogP contribution in [0, 0.1) is 13.8 Å². The van der Waals surface area contributed by atoms with Gasteiger partial charge >= 0.3 is 0 Å². The summed E-state index contributed by atoms with van der Waals surface area (Å²) in [4.78, 5) is 29.2. The third-order valence-electron chi connectivity index (χ3n) is 7.27. The van der Waals surface area contributed by atoms with Crippen LogP contribution in [0.3, 0.4) is 0 Å². The first-order valence-corrected chi connectivity index (χ1v) is 17.0. The summed E-state index contributed by atoms with van der Waals surface area (Å²) >= 11 is 3.51. The third-order valence-corrected chi connectivity index (χ3v) is 8.96. The summed E-state index contributed by atoms with van der Waals surface area (Å²) in [6.07, 6.45) is 3.75. The molecule has 3 aromatic carbocycles. The lowest BCUT2D eigenvalue weighted by atomic mass is 10.0. The van der Waals surface area contributed by atoms with E-state index in [-0.39, 0.29) is 31.3 Å². The van der Waals surface area contributed by atoms with Gasteiger partial charge in [0, 0.05) is 36.9 Å². The van der Waals surface area contributed by atoms with E-state index in [4.69, 9.17) is 0 Å². The van der Waals surface area contributed by atoms with Crippen LogP contribution in [0.5, 0.6) is 0 Å². The van der Waals surface area contributed by atoms with Gasteiger partial charge in [0.05, 0.1) is 11.9 Å². The van der Waals surface area contributed by atoms with Crippen LogP contribution in [-0.2, 0) is 32.6 Å². The van der Waals surface area contributed by atoms with Gasteiger partial charge in [-0.05, 0) is 73.2 Å². The summed E-state index contributed by atoms with van der Waals surface area (Å²) in [5.74, 6) is -0.390. The van der Waals surface area contributed by atoms with Gasteiger partial charge in [-0.25, -0.2) is 8.42 Å². The molecule has 0 aliphatic heterocycles. The van der Waals surface area contributed by atoms with Crippen molar-refractivity contribution in [3.63, 3.8) is 0 Å². The van der Waals surface area contributed by atoms with Crippen molar-refractivity contribution in [2.75, 3.05) is 23.7 Å². The molecular formula is C33H42BrN3O4S. The number of aryl methyl sites for hydroxylation is 2. The van der Waals surface area contributed by atoms with E-state index in [1.54, 1.807) is 11.0 Å². The number of hydrogen-bond acceptors (Lipinski definition) is 4. The average Bonchev–Trinajstić information content (AvgIpc) is 2.94. The second-order valence-corrected chi connectivity index (χ2v) is 13.5. The number of anilines is 1. The number of carbonyl (C=O) groups excluding carboxylic acids is 2. The Hall–Kier alpha value is -3.17. The fourth-order valence-electron chi connectivity index (χ4n) is 4.78. The van der Waals surface area contributed by atoms with Gasteiger partial charge in [0.1, 0.15) is 6.04 Å². The van der Waals surface area contributed by atoms with E-state index < -0.39 is 16.1 Å². The van der Waals surface area contributed by atoms with Gasteiger partial charge in [0.25, 0.3) is 0 Å². The van der Waals surface area contributed by atoms with E-state index in [0.29, 0.717) is 25.1 Å². The maximum Gasteiger partial charge on any atom is 0.243 e. The fourth-order valence-corrected chi connectivity index (χ4v) is 6.18. The topological polar surface area (TPSA) is 86.8 Å². The molecule has 0 saturated carbocycles. The molecule has 3 aromatic rings. The number of sulfonamides is 1. The summed E-state index contributed by atoms with van der Waals surface area (Å²) in [5.41, 5.74) is 4.50. The van der Waals surface area contributed by atoms with Crippen molar-refractivity contribution in [2.24, 2.45) is 0 Å². The monoisotopic (exact) mass is 655 g/mol. The summed E-state index contributed by atoms with van der Waals surface area (Å²) in [7, 11) is -3.56. The van der Waals surface area contributed by atoms with Crippen LogP contribution in [0.25, 0.3) is 0 Å². The van der Waals surface area contributed by atoms with Gasteiger partial charge < -0.3 is 10.2 Å². The molecule has 7 nitrogen and oxygen atoms in total. The first-order valence-electron chi connectivity index (χ1n) is 14.4. The van der Waals surface area contributed by atoms with Crippen LogP contribution in [0.4, 0.5) is 5.69 Å². The van der Waals surface area contributed by atoms with E-state index in [1.165, 1.54) is 10.6 Å². The molecule has 0 aliphatic rings. The van der Waals surface area contributed by atoms with Crippen LogP contribution >= 0.6 is 15.9 Å². The molecule has 0 saturated heterocycles. The van der Waals surface area contributed by atoms with E-state index in [1.807, 2.05) is 80.6 Å². The van der Waals surface area contributed by atoms with Crippen molar-refractivity contribution in [1.29, 1.82) is 0 Å². The zero-order chi connectivity index (χ0) is 30.7. The van der Waals surface area contributed by atoms with E-state index >= 15 is 0 Å². The SMILES string of the molecule is CCCCNC(=O)C(Cc1ccccc1)N(Cc1cccc(Br)c1)C(=O)CCCN(c1ccc(C)c(C)c1)S(C)(=O)=O. The summed E-state index contributed by atoms with van der Waals surface area (Å²) in [5, 5.41) is 3.03. The maximum atomic E-state index is 13.9. The Bertz CT molecular complexity index is 1450. The van der Waals surface area contributed by atoms with E-state index in [2.05, 4.69) is 28.2 Å². The second-order valence-electron chi connectivity index (χ2n) is 10.7. The normalized spacial score (nSPS) is 12.0. The fraction of sp³-hybridized carbons (Fsp3) is 0.394. The number of nitrogens with zero attached hydrogens (tertiary/aromatic N) is 2. The Balaban J connectivity index is 1.88. The lowest BCUT2D eigenvalue weighted by Crippen LogP contribution is -2.50. The van der Waals surface area contributed by atoms with Crippen molar-refractivity contribution in [3.05, 3.63) is 99.5 Å². The quantitative estimate of drug-likeness (QED) is 0.199. The highest BCUT2D eigenvalue weighted by Crippen LogP contribution is 2.23. The van der Waals surface area contributed by atoms with Crippen LogP contribution in [-0.4, -0.2) is 50.5 Å². The van der Waals surface area contributed by atoms with Gasteiger partial charge in [-0.3, -0.25) is 13.9 Å². The zero-order valence-electron chi connectivity index (χ0n) is 25.0. The van der Waals surface area contributed by atoms with Crippen molar-refractivity contribution in [3.8, 4) is 0 Å². The Kier molecular flexibility index (Phi) is 12.6. The lowest BCUT2D eigenvalue weighted by molar-refractivity contribution is -0.141. The van der Waals surface area contributed by atoms with Crippen LogP contribution in [0.1, 0.15) is 54.9 Å². The Morgan fingerprint density at radius 2 is 1.62 bits per heavy atom. The number of amides is 2. The minimum atomic E-state index is -3.56. The summed E-state index contributed by atoms with van der Waals surface area (Å²) in [6.45, 7) is 6.94. The first-order chi connectivity index (χ1) is 20.0. The van der Waals surface area contributed by atoms with Crippen LogP contribution in [0.2, 0.25) is 0 Å². The van der Waals surface area contributed by atoms with Crippen molar-refractivity contribution < 1.29 is 18.0 Å². The predicted octanol–water partition coefficient (Wildman–Crippen LogP) is 6.17. The molecule has 0 aliphatic carbocycles. The largest absolute Gasteiger partial charge is 0.354 e. The van der Waals surface area contributed by atoms with E-state index in [9.17, 15) is 18.0 Å². The minimum Gasteiger partial charge on any atom is -0.354 e. The van der Waals surface area contributed by atoms with E-state index in [0.717, 1.165) is 39.6 Å². The Labute approximate surface area is 259 Å². The molecule has 0 spiro atoms. The maximum absolute atomic E-state index is 13.9. The third kappa shape index (κ3) is 9.98. The van der Waals surface area contributed by atoms with Crippen LogP contribution < -0.4 is 9.62 Å². The Morgan fingerprint density at radius 3 is 2.26 bits per heavy atom. The number of carbonyl (C=O) groups is 2. The second kappa shape index (κ2) is 15.9. The highest BCUT2D eigenvalue weighted by molar-refractivity contribution is 9.10. The molecule has 226 valence electrons. The molecule has 1 atom stereocenters. The van der Waals surface area contributed by atoms with Gasteiger partial charge in [-0.2, -0.15) is 0 Å². The molecule has 0 radical (unpaired) electrons. The van der Waals surface area contributed by atoms with Gasteiger partial charge in [0.15, 0.2) is 0 Å². The lowest BCUT2D eigenvalue weighted by Gasteiger charge is -2.32. The molecule has 1 unspecified atom stereocenters. The molecule has 2 amide bonds. The molecule has 42 heavy (non-hydrogen) atoms. The molecule has 0 aromatic heterocycles. The number of nitrogens with one attached hydrogen (secondary N) is 1. The average molecular weight is 657 g/mol. The zero-order valence-corrected chi connectivity index (χ0v) is 27.4. The molecule has 0 heterocycles. The van der Waals surface area contributed by atoms with Crippen molar-refractivity contribution in [1.82, 2.24) is 10.2 Å². The molecule has 1 N–H and O–H groups in total.